The summed E-state index contributed by atoms with van der Waals surface area (Å²) in [4.78, 5) is 77.0. The van der Waals surface area contributed by atoms with E-state index in [9.17, 15) is 28.8 Å². The van der Waals surface area contributed by atoms with Crippen LogP contribution in [0.5, 0.6) is 0 Å². The molecule has 0 aromatic heterocycles. The number of hydrogen-bond acceptors (Lipinski definition) is 10. The number of fused-ring (bicyclic) bond motifs is 2. The average Bonchev–Trinajstić information content (AvgIpc) is 3.31. The number of halogens is 4. The molecular formula is C54H64F4O10Si2. The minimum Gasteiger partial charge on any atom is -0.458 e. The van der Waals surface area contributed by atoms with E-state index in [4.69, 9.17) is 18.3 Å². The lowest BCUT2D eigenvalue weighted by molar-refractivity contribution is -0.168. The Bertz CT molecular complexity index is 2530. The van der Waals surface area contributed by atoms with Crippen molar-refractivity contribution in [3.63, 3.8) is 0 Å². The molecule has 8 aliphatic rings. The Morgan fingerprint density at radius 3 is 1.20 bits per heavy atom. The highest BCUT2D eigenvalue weighted by molar-refractivity contribution is 6.74. The van der Waals surface area contributed by atoms with Crippen molar-refractivity contribution in [1.82, 2.24) is 0 Å². The molecule has 10 rings (SSSR count). The Hall–Kier alpha value is -4.91. The molecule has 16 heteroatoms. The number of allylic oxidation sites excluding steroid dienone is 8. The van der Waals surface area contributed by atoms with Crippen LogP contribution in [0.25, 0.3) is 0 Å². The molecule has 376 valence electrons. The predicted molar refractivity (Wildman–Crippen MR) is 260 cm³/mol. The first kappa shape index (κ1) is 52.9. The van der Waals surface area contributed by atoms with Gasteiger partial charge in [0.25, 0.3) is 0 Å². The van der Waals surface area contributed by atoms with Gasteiger partial charge in [0.1, 0.15) is 13.2 Å². The summed E-state index contributed by atoms with van der Waals surface area (Å²) in [5.41, 5.74) is -9.92. The minimum atomic E-state index is -2.76. The number of esters is 2. The maximum atomic E-state index is 16.8. The zero-order chi connectivity index (χ0) is 51.6. The van der Waals surface area contributed by atoms with Gasteiger partial charge in [-0.05, 0) is 84.5 Å². The third kappa shape index (κ3) is 9.15. The van der Waals surface area contributed by atoms with Crippen LogP contribution in [0.3, 0.4) is 0 Å². The van der Waals surface area contributed by atoms with Crippen molar-refractivity contribution in [1.29, 1.82) is 0 Å². The lowest BCUT2D eigenvalue weighted by atomic mass is 9.50. The lowest BCUT2D eigenvalue weighted by Gasteiger charge is -2.55. The average molecular weight is 1010 g/mol. The Morgan fingerprint density at radius 1 is 0.500 bits per heavy atom. The maximum Gasteiger partial charge on any atom is 0.338 e. The van der Waals surface area contributed by atoms with Crippen LogP contribution < -0.4 is 0 Å². The molecular weight excluding hydrogens is 941 g/mol. The van der Waals surface area contributed by atoms with Crippen molar-refractivity contribution in [3.05, 3.63) is 120 Å². The zero-order valence-electron chi connectivity index (χ0n) is 41.4. The summed E-state index contributed by atoms with van der Waals surface area (Å²) in [6.07, 6.45) is 11.4. The fourth-order valence-electron chi connectivity index (χ4n) is 10.2. The number of hydrogen-bond donors (Lipinski definition) is 0. The largest absolute Gasteiger partial charge is 0.458 e. The van der Waals surface area contributed by atoms with E-state index in [1.54, 1.807) is 54.6 Å². The molecule has 0 spiro atoms. The molecule has 2 fully saturated rings. The molecule has 0 unspecified atom stereocenters. The second-order valence-corrected chi connectivity index (χ2v) is 32.3. The Kier molecular flexibility index (Phi) is 14.1. The molecule has 12 atom stereocenters. The van der Waals surface area contributed by atoms with Gasteiger partial charge in [-0.15, -0.1) is 0 Å². The summed E-state index contributed by atoms with van der Waals surface area (Å²) in [5, 5.41) is -0.332. The van der Waals surface area contributed by atoms with Crippen LogP contribution in [0.15, 0.2) is 109 Å². The number of ketones is 4. The number of carbonyl (C=O) groups is 6. The van der Waals surface area contributed by atoms with Gasteiger partial charge >= 0.3 is 11.9 Å². The molecule has 10 nitrogen and oxygen atoms in total. The molecule has 8 aliphatic carbocycles. The van der Waals surface area contributed by atoms with E-state index in [-0.39, 0.29) is 21.2 Å². The van der Waals surface area contributed by atoms with E-state index in [2.05, 4.69) is 0 Å². The molecule has 70 heavy (non-hydrogen) atoms. The van der Waals surface area contributed by atoms with E-state index >= 15 is 17.6 Å². The molecule has 0 radical (unpaired) electrons. The number of ether oxygens (including phenoxy) is 2. The third-order valence-electron chi connectivity index (χ3n) is 16.5. The molecule has 2 aromatic carbocycles. The summed E-state index contributed by atoms with van der Waals surface area (Å²) in [5.74, 6) is -12.8. The number of Topliss-reactive ketones (excluding diaryl/α,β-unsaturated/α-hetero) is 2. The highest BCUT2D eigenvalue weighted by Crippen LogP contribution is 2.59. The highest BCUT2D eigenvalue weighted by atomic mass is 28.4. The van der Waals surface area contributed by atoms with Gasteiger partial charge in [-0.3, -0.25) is 19.2 Å². The first-order chi connectivity index (χ1) is 32.4. The van der Waals surface area contributed by atoms with Crippen LogP contribution in [-0.4, -0.2) is 101 Å². The molecule has 4 bridgehead atoms. The Labute approximate surface area is 409 Å². The van der Waals surface area contributed by atoms with Gasteiger partial charge in [0, 0.05) is 35.5 Å². The van der Waals surface area contributed by atoms with Gasteiger partial charge < -0.3 is 18.3 Å². The molecule has 0 amide bonds. The molecule has 2 aromatic rings. The lowest BCUT2D eigenvalue weighted by Crippen LogP contribution is -2.68. The van der Waals surface area contributed by atoms with Crippen molar-refractivity contribution < 1.29 is 64.7 Å². The Morgan fingerprint density at radius 2 is 0.829 bits per heavy atom. The third-order valence-corrected chi connectivity index (χ3v) is 25.5. The van der Waals surface area contributed by atoms with Gasteiger partial charge in [-0.25, -0.2) is 27.2 Å². The number of carbonyl (C=O) groups excluding carboxylic acids is 6. The van der Waals surface area contributed by atoms with E-state index in [1.165, 1.54) is 48.6 Å². The maximum absolute atomic E-state index is 16.8. The quantitative estimate of drug-likeness (QED) is 0.0874. The Balaban J connectivity index is 0.000000207. The summed E-state index contributed by atoms with van der Waals surface area (Å²) in [6, 6.07) is 15.8. The van der Waals surface area contributed by atoms with Gasteiger partial charge in [0.15, 0.2) is 51.1 Å². The predicted octanol–water partition coefficient (Wildman–Crippen LogP) is 10.1. The molecule has 0 saturated heterocycles. The van der Waals surface area contributed by atoms with Gasteiger partial charge in [0.05, 0.1) is 24.3 Å². The number of rotatable bonds is 12. The van der Waals surface area contributed by atoms with Crippen LogP contribution in [0.4, 0.5) is 17.6 Å². The van der Waals surface area contributed by atoms with Crippen molar-refractivity contribution in [2.75, 3.05) is 26.4 Å². The molecule has 2 saturated carbocycles. The van der Waals surface area contributed by atoms with Crippen LogP contribution in [0.2, 0.25) is 36.3 Å². The molecule has 0 aliphatic heterocycles. The highest BCUT2D eigenvalue weighted by Gasteiger charge is 2.70. The van der Waals surface area contributed by atoms with Crippen LogP contribution in [0, 0.1) is 47.3 Å². The van der Waals surface area contributed by atoms with Crippen LogP contribution in [0.1, 0.15) is 62.3 Å². The van der Waals surface area contributed by atoms with Crippen molar-refractivity contribution >= 4 is 51.7 Å². The van der Waals surface area contributed by atoms with Gasteiger partial charge in [-0.2, -0.15) is 0 Å². The van der Waals surface area contributed by atoms with Crippen molar-refractivity contribution in [2.24, 2.45) is 47.3 Å². The summed E-state index contributed by atoms with van der Waals surface area (Å²) in [7, 11) is -4.72. The fraction of sp³-hybridized carbons (Fsp3) is 0.519. The monoisotopic (exact) mass is 1000 g/mol. The van der Waals surface area contributed by atoms with Crippen molar-refractivity contribution in [3.8, 4) is 0 Å². The topological polar surface area (TPSA) is 139 Å². The SMILES string of the molecule is CC(C)(C)[Si](C)(C)OC[C@]1(F)C(=O)C=C[C@@H]2[C@H]1[C@@H]1C=C[C@H]2C(=O)[C@@]1(F)CO[Si](C)(C)C(C)(C)C.O=C(OC[C@]1(F)C(=O)C=C[C@@H]2[C@H]1[C@@H]1C=C[C@H]2C(=O)[C@@]1(F)COC(=O)c1ccccc1)c1ccccc1. The van der Waals surface area contributed by atoms with Gasteiger partial charge in [0.2, 0.25) is 11.3 Å². The zero-order valence-corrected chi connectivity index (χ0v) is 43.4. The summed E-state index contributed by atoms with van der Waals surface area (Å²) < 4.78 is 88.9. The van der Waals surface area contributed by atoms with E-state index in [0.717, 1.165) is 6.08 Å². The van der Waals surface area contributed by atoms with Gasteiger partial charge in [-0.1, -0.05) is 114 Å². The normalized spacial score (nSPS) is 34.1. The minimum absolute atomic E-state index is 0.164. The van der Waals surface area contributed by atoms with Crippen LogP contribution >= 0.6 is 0 Å². The van der Waals surface area contributed by atoms with Crippen molar-refractivity contribution in [2.45, 2.75) is 100 Å². The van der Waals surface area contributed by atoms with Crippen LogP contribution in [-0.2, 0) is 37.5 Å². The number of benzene rings is 2. The standard InChI is InChI=1S/C28H22F2O6.C26H42F2O4Si2/c29-27(15-35-25(33)17-7-3-1-4-8-17)21-13-11-20(24(27)32)19-12-14-22(31)28(30,23(19)21)16-36-26(34)18-9-5-2-6-10-18;1-23(2,3)33(7,8)31-15-25(27)19-13-11-18(22(25)30)17-12-14-20(29)26(28,21(17)19)16-32-34(9,10)24(4,5)6/h1-14,19-21,23H,15-16H2;11-14,17-19,21H,15-16H2,1-10H3/t19-,20+,21-,23-,27+,28-;17-,18+,19-,21-,25+,26-/m00/s1. The summed E-state index contributed by atoms with van der Waals surface area (Å²) >= 11 is 0. The van der Waals surface area contributed by atoms with E-state index in [1.807, 2.05) is 67.7 Å². The molecule has 0 heterocycles. The van der Waals surface area contributed by atoms with E-state index in [0.29, 0.717) is 0 Å². The smallest absolute Gasteiger partial charge is 0.338 e. The fourth-order valence-corrected chi connectivity index (χ4v) is 12.2. The second-order valence-electron chi connectivity index (χ2n) is 22.7. The first-order valence-electron chi connectivity index (χ1n) is 23.8. The second kappa shape index (κ2) is 18.6. The number of alkyl halides is 4. The summed E-state index contributed by atoms with van der Waals surface area (Å²) in [6.45, 7) is 17.6. The van der Waals surface area contributed by atoms with E-state index < -0.39 is 148 Å². The first-order valence-corrected chi connectivity index (χ1v) is 29.6. The molecule has 0 N–H and O–H groups in total.